The molecule has 116 valence electrons. The van der Waals surface area contributed by atoms with Crippen LogP contribution in [0.15, 0.2) is 41.9 Å². The molecule has 1 fully saturated rings. The van der Waals surface area contributed by atoms with Gasteiger partial charge in [0.05, 0.1) is 18.1 Å². The second-order valence-corrected chi connectivity index (χ2v) is 5.98. The number of carboxylic acid groups (broad SMARTS) is 1. The Morgan fingerprint density at radius 1 is 1.36 bits per heavy atom. The van der Waals surface area contributed by atoms with Crippen molar-refractivity contribution in [3.63, 3.8) is 0 Å². The number of aliphatic hydroxyl groups is 1. The highest BCUT2D eigenvalue weighted by atomic mass is 16.4. The molecule has 0 spiro atoms. The smallest absolute Gasteiger partial charge is 0.352 e. The molecule has 3 rings (SSSR count). The number of carbonyl (C=O) groups excluding carboxylic acids is 1. The molecule has 2 aliphatic heterocycles. The number of aliphatic hydroxyl groups excluding tert-OH is 1. The van der Waals surface area contributed by atoms with Crippen LogP contribution in [-0.4, -0.2) is 39.1 Å². The van der Waals surface area contributed by atoms with E-state index in [9.17, 15) is 19.8 Å². The molecule has 22 heavy (non-hydrogen) atoms. The molecule has 0 aromatic carbocycles. The summed E-state index contributed by atoms with van der Waals surface area (Å²) in [5.41, 5.74) is 0.806. The number of rotatable bonds is 4. The van der Waals surface area contributed by atoms with Gasteiger partial charge in [-0.1, -0.05) is 13.0 Å². The van der Waals surface area contributed by atoms with Crippen LogP contribution in [0.2, 0.25) is 0 Å². The van der Waals surface area contributed by atoms with Crippen LogP contribution in [-0.2, 0) is 16.1 Å². The van der Waals surface area contributed by atoms with Gasteiger partial charge in [0.15, 0.2) is 18.9 Å². The number of hydrogen-bond acceptors (Lipinski definition) is 3. The maximum Gasteiger partial charge on any atom is 0.352 e. The lowest BCUT2D eigenvalue weighted by atomic mass is 9.78. The first-order chi connectivity index (χ1) is 10.4. The van der Waals surface area contributed by atoms with Crippen LogP contribution in [0.5, 0.6) is 0 Å². The SMILES string of the molecule is C[C@H]1C(C[n+]2ccccc2)=C(C(=O)O)N2C(=O)[C@H]([C@@H](C)O)C12. The van der Waals surface area contributed by atoms with Gasteiger partial charge in [0.2, 0.25) is 5.91 Å². The molecule has 1 unspecified atom stereocenters. The Kier molecular flexibility index (Phi) is 3.48. The molecule has 0 saturated carbocycles. The molecule has 6 nitrogen and oxygen atoms in total. The van der Waals surface area contributed by atoms with E-state index in [1.54, 1.807) is 6.92 Å². The number of nitrogens with zero attached hydrogens (tertiary/aromatic N) is 2. The molecule has 1 aromatic rings. The quantitative estimate of drug-likeness (QED) is 0.614. The molecule has 4 atom stereocenters. The first-order valence-electron chi connectivity index (χ1n) is 7.35. The normalized spacial score (nSPS) is 28.4. The number of β-lactam (4-membered cyclic amide) rings is 1. The van der Waals surface area contributed by atoms with Crippen molar-refractivity contribution in [2.45, 2.75) is 32.5 Å². The van der Waals surface area contributed by atoms with Gasteiger partial charge in [-0.3, -0.25) is 4.79 Å². The summed E-state index contributed by atoms with van der Waals surface area (Å²) in [7, 11) is 0. The zero-order valence-corrected chi connectivity index (χ0v) is 12.5. The van der Waals surface area contributed by atoms with Crippen molar-refractivity contribution < 1.29 is 24.4 Å². The maximum atomic E-state index is 12.2. The fourth-order valence-corrected chi connectivity index (χ4v) is 3.59. The first kappa shape index (κ1) is 14.7. The van der Waals surface area contributed by atoms with Gasteiger partial charge in [-0.2, -0.15) is 0 Å². The lowest BCUT2D eigenvalue weighted by Crippen LogP contribution is -2.63. The Hall–Kier alpha value is -2.21. The van der Waals surface area contributed by atoms with E-state index in [2.05, 4.69) is 0 Å². The fourth-order valence-electron chi connectivity index (χ4n) is 3.59. The summed E-state index contributed by atoms with van der Waals surface area (Å²) in [6, 6.07) is 5.39. The minimum Gasteiger partial charge on any atom is -0.477 e. The van der Waals surface area contributed by atoms with Crippen LogP contribution in [0.3, 0.4) is 0 Å². The van der Waals surface area contributed by atoms with E-state index < -0.39 is 18.0 Å². The lowest BCUT2D eigenvalue weighted by Gasteiger charge is -2.46. The van der Waals surface area contributed by atoms with Crippen LogP contribution < -0.4 is 4.57 Å². The van der Waals surface area contributed by atoms with Crippen molar-refractivity contribution in [2.75, 3.05) is 0 Å². The second kappa shape index (κ2) is 5.21. The van der Waals surface area contributed by atoms with Gasteiger partial charge in [-0.05, 0) is 6.92 Å². The highest BCUT2D eigenvalue weighted by molar-refractivity contribution is 5.99. The topological polar surface area (TPSA) is 81.7 Å². The third-order valence-electron chi connectivity index (χ3n) is 4.65. The van der Waals surface area contributed by atoms with E-state index in [1.165, 1.54) is 4.90 Å². The predicted octanol–water partition coefficient (Wildman–Crippen LogP) is 0.170. The first-order valence-corrected chi connectivity index (χ1v) is 7.35. The van der Waals surface area contributed by atoms with E-state index in [1.807, 2.05) is 42.1 Å². The summed E-state index contributed by atoms with van der Waals surface area (Å²) in [6.45, 7) is 3.93. The highest BCUT2D eigenvalue weighted by Gasteiger charge is 2.60. The molecule has 0 radical (unpaired) electrons. The number of fused-ring (bicyclic) bond motifs is 1. The molecule has 1 amide bonds. The second-order valence-electron chi connectivity index (χ2n) is 5.98. The maximum absolute atomic E-state index is 12.2. The zero-order valence-electron chi connectivity index (χ0n) is 12.5. The minimum atomic E-state index is -1.08. The molecule has 0 aliphatic carbocycles. The number of amides is 1. The molecule has 2 N–H and O–H groups in total. The molecular weight excluding hydrogens is 284 g/mol. The number of carbonyl (C=O) groups is 2. The molecule has 1 saturated heterocycles. The zero-order chi connectivity index (χ0) is 16.0. The summed E-state index contributed by atoms with van der Waals surface area (Å²) in [5.74, 6) is -1.98. The molecule has 0 bridgehead atoms. The van der Waals surface area contributed by atoms with Crippen molar-refractivity contribution in [3.8, 4) is 0 Å². The standard InChI is InChI=1S/C16H18N2O4/c1-9-11(8-17-6-4-3-5-7-17)14(16(21)22)18-13(9)12(10(2)19)15(18)20/h3-7,9-10,12-13,19H,8H2,1-2H3/p+1/t9-,10+,12+,13?/m0/s1. The molecular formula is C16H19N2O4+. The van der Waals surface area contributed by atoms with Gasteiger partial charge in [-0.25, -0.2) is 9.36 Å². The van der Waals surface area contributed by atoms with Gasteiger partial charge < -0.3 is 15.1 Å². The number of carboxylic acids is 1. The third kappa shape index (κ3) is 2.02. The van der Waals surface area contributed by atoms with Crippen LogP contribution in [0, 0.1) is 11.8 Å². The predicted molar refractivity (Wildman–Crippen MR) is 76.3 cm³/mol. The largest absolute Gasteiger partial charge is 0.477 e. The van der Waals surface area contributed by atoms with Crippen molar-refractivity contribution in [3.05, 3.63) is 41.9 Å². The van der Waals surface area contributed by atoms with Crippen LogP contribution in [0.1, 0.15) is 13.8 Å². The van der Waals surface area contributed by atoms with Gasteiger partial charge >= 0.3 is 5.97 Å². The molecule has 6 heteroatoms. The number of pyridine rings is 1. The summed E-state index contributed by atoms with van der Waals surface area (Å²) < 4.78 is 1.89. The van der Waals surface area contributed by atoms with Crippen molar-refractivity contribution in [1.82, 2.24) is 4.90 Å². The monoisotopic (exact) mass is 303 g/mol. The number of hydrogen-bond donors (Lipinski definition) is 2. The third-order valence-corrected chi connectivity index (χ3v) is 4.65. The molecule has 2 aliphatic rings. The van der Waals surface area contributed by atoms with E-state index in [0.29, 0.717) is 6.54 Å². The Balaban J connectivity index is 1.97. The molecule has 3 heterocycles. The fraction of sp³-hybridized carbons (Fsp3) is 0.438. The summed E-state index contributed by atoms with van der Waals surface area (Å²) in [6.07, 6.45) is 2.96. The Bertz CT molecular complexity index is 653. The summed E-state index contributed by atoms with van der Waals surface area (Å²) in [5, 5.41) is 19.3. The van der Waals surface area contributed by atoms with Crippen LogP contribution in [0.25, 0.3) is 0 Å². The Morgan fingerprint density at radius 2 is 2.00 bits per heavy atom. The molecule has 1 aromatic heterocycles. The lowest BCUT2D eigenvalue weighted by molar-refractivity contribution is -0.689. The van der Waals surface area contributed by atoms with Crippen LogP contribution in [0.4, 0.5) is 0 Å². The van der Waals surface area contributed by atoms with Crippen LogP contribution >= 0.6 is 0 Å². The van der Waals surface area contributed by atoms with E-state index in [-0.39, 0.29) is 23.6 Å². The van der Waals surface area contributed by atoms with Gasteiger partial charge in [0.1, 0.15) is 5.70 Å². The van der Waals surface area contributed by atoms with Gasteiger partial charge in [-0.15, -0.1) is 0 Å². The number of aliphatic carboxylic acids is 1. The Morgan fingerprint density at radius 3 is 2.55 bits per heavy atom. The van der Waals surface area contributed by atoms with E-state index in [4.69, 9.17) is 0 Å². The van der Waals surface area contributed by atoms with Crippen molar-refractivity contribution in [1.29, 1.82) is 0 Å². The number of aromatic nitrogens is 1. The van der Waals surface area contributed by atoms with Crippen molar-refractivity contribution in [2.24, 2.45) is 11.8 Å². The van der Waals surface area contributed by atoms with Crippen molar-refractivity contribution >= 4 is 11.9 Å². The summed E-state index contributed by atoms with van der Waals surface area (Å²) >= 11 is 0. The van der Waals surface area contributed by atoms with E-state index >= 15 is 0 Å². The van der Waals surface area contributed by atoms with Gasteiger partial charge in [0.25, 0.3) is 0 Å². The Labute approximate surface area is 128 Å². The summed E-state index contributed by atoms with van der Waals surface area (Å²) in [4.78, 5) is 25.2. The highest BCUT2D eigenvalue weighted by Crippen LogP contribution is 2.47. The van der Waals surface area contributed by atoms with Gasteiger partial charge in [0, 0.05) is 23.6 Å². The average Bonchev–Trinajstić information content (AvgIpc) is 2.70. The minimum absolute atomic E-state index is 0.0794. The average molecular weight is 303 g/mol. The van der Waals surface area contributed by atoms with E-state index in [0.717, 1.165) is 5.57 Å².